The number of anilines is 1. The monoisotopic (exact) mass is 407 g/mol. The number of tetrazole rings is 1. The maximum Gasteiger partial charge on any atom is 0.237 e. The van der Waals surface area contributed by atoms with Crippen molar-refractivity contribution in [3.05, 3.63) is 58.1 Å². The second-order valence-corrected chi connectivity index (χ2v) is 7.68. The van der Waals surface area contributed by atoms with Gasteiger partial charge in [-0.25, -0.2) is 0 Å². The molecule has 0 radical (unpaired) electrons. The molecule has 0 saturated heterocycles. The third-order valence-corrected chi connectivity index (χ3v) is 5.22. The van der Waals surface area contributed by atoms with Gasteiger partial charge in [-0.1, -0.05) is 53.2 Å². The number of hydrogen-bond donors (Lipinski definition) is 1. The first-order valence-corrected chi connectivity index (χ1v) is 9.36. The quantitative estimate of drug-likeness (QED) is 0.634. The van der Waals surface area contributed by atoms with Gasteiger partial charge in [0.05, 0.1) is 21.6 Å². The summed E-state index contributed by atoms with van der Waals surface area (Å²) in [6, 6.07) is 12.7. The first-order valence-electron chi connectivity index (χ1n) is 7.72. The van der Waals surface area contributed by atoms with Gasteiger partial charge in [0, 0.05) is 5.02 Å². The molecule has 1 aromatic heterocycles. The molecule has 134 valence electrons. The predicted molar refractivity (Wildman–Crippen MR) is 104 cm³/mol. The summed E-state index contributed by atoms with van der Waals surface area (Å²) in [6.07, 6.45) is 0. The standard InChI is InChI=1S/C17H15Cl2N5OS/c1-10-5-3-4-6-15(10)24-17(21-22-23-24)26-11(2)16(25)20-14-9-12(18)7-8-13(14)19/h3-9,11H,1-2H3,(H,20,25)/t11-/m1/s1. The molecule has 2 aromatic carbocycles. The van der Waals surface area contributed by atoms with Crippen LogP contribution in [0.4, 0.5) is 5.69 Å². The van der Waals surface area contributed by atoms with Crippen molar-refractivity contribution < 1.29 is 4.79 Å². The van der Waals surface area contributed by atoms with E-state index in [1.54, 1.807) is 29.8 Å². The highest BCUT2D eigenvalue weighted by Crippen LogP contribution is 2.28. The third kappa shape index (κ3) is 4.17. The number of amides is 1. The molecule has 0 aliphatic rings. The molecule has 1 N–H and O–H groups in total. The van der Waals surface area contributed by atoms with Crippen LogP contribution >= 0.6 is 35.0 Å². The number of para-hydroxylation sites is 1. The van der Waals surface area contributed by atoms with Crippen molar-refractivity contribution in [2.75, 3.05) is 5.32 Å². The van der Waals surface area contributed by atoms with Crippen LogP contribution in [0.3, 0.4) is 0 Å². The molecule has 0 saturated carbocycles. The number of thioether (sulfide) groups is 1. The lowest BCUT2D eigenvalue weighted by atomic mass is 10.2. The number of aryl methyl sites for hydroxylation is 1. The molecule has 3 rings (SSSR count). The van der Waals surface area contributed by atoms with Crippen molar-refractivity contribution >= 4 is 46.6 Å². The number of halogens is 2. The summed E-state index contributed by atoms with van der Waals surface area (Å²) in [5, 5.41) is 15.6. The second-order valence-electron chi connectivity index (χ2n) is 5.53. The summed E-state index contributed by atoms with van der Waals surface area (Å²) >= 11 is 13.3. The average molecular weight is 408 g/mol. The third-order valence-electron chi connectivity index (χ3n) is 3.62. The molecule has 1 amide bonds. The average Bonchev–Trinajstić information content (AvgIpc) is 3.06. The summed E-state index contributed by atoms with van der Waals surface area (Å²) < 4.78 is 1.62. The number of benzene rings is 2. The van der Waals surface area contributed by atoms with Crippen LogP contribution in [0.5, 0.6) is 0 Å². The van der Waals surface area contributed by atoms with Gasteiger partial charge in [0.2, 0.25) is 11.1 Å². The highest BCUT2D eigenvalue weighted by atomic mass is 35.5. The number of carbonyl (C=O) groups is 1. The van der Waals surface area contributed by atoms with Crippen LogP contribution in [0.25, 0.3) is 5.69 Å². The minimum atomic E-state index is -0.446. The summed E-state index contributed by atoms with van der Waals surface area (Å²) in [5.41, 5.74) is 2.37. The van der Waals surface area contributed by atoms with E-state index in [1.807, 2.05) is 31.2 Å². The highest BCUT2D eigenvalue weighted by Gasteiger charge is 2.20. The Bertz CT molecular complexity index is 946. The van der Waals surface area contributed by atoms with E-state index in [2.05, 4.69) is 20.8 Å². The molecule has 6 nitrogen and oxygen atoms in total. The zero-order valence-corrected chi connectivity index (χ0v) is 16.3. The number of hydrogen-bond acceptors (Lipinski definition) is 5. The van der Waals surface area contributed by atoms with Crippen molar-refractivity contribution in [1.29, 1.82) is 0 Å². The van der Waals surface area contributed by atoms with Crippen LogP contribution in [0.2, 0.25) is 10.0 Å². The lowest BCUT2D eigenvalue weighted by Gasteiger charge is -2.13. The van der Waals surface area contributed by atoms with E-state index in [-0.39, 0.29) is 5.91 Å². The van der Waals surface area contributed by atoms with Crippen molar-refractivity contribution in [1.82, 2.24) is 20.2 Å². The molecule has 0 fully saturated rings. The first kappa shape index (κ1) is 18.7. The SMILES string of the molecule is Cc1ccccc1-n1nnnc1S[C@H](C)C(=O)Nc1cc(Cl)ccc1Cl. The van der Waals surface area contributed by atoms with Crippen molar-refractivity contribution in [3.63, 3.8) is 0 Å². The normalized spacial score (nSPS) is 12.0. The Labute approximate surface area is 164 Å². The van der Waals surface area contributed by atoms with E-state index in [9.17, 15) is 4.79 Å². The van der Waals surface area contributed by atoms with Gasteiger partial charge in [-0.2, -0.15) is 4.68 Å². The molecule has 1 atom stereocenters. The minimum Gasteiger partial charge on any atom is -0.324 e. The van der Waals surface area contributed by atoms with Crippen LogP contribution in [-0.4, -0.2) is 31.4 Å². The van der Waals surface area contributed by atoms with E-state index in [4.69, 9.17) is 23.2 Å². The van der Waals surface area contributed by atoms with Crippen LogP contribution in [0.1, 0.15) is 12.5 Å². The first-order chi connectivity index (χ1) is 12.5. The fourth-order valence-electron chi connectivity index (χ4n) is 2.24. The molecule has 26 heavy (non-hydrogen) atoms. The Morgan fingerprint density at radius 3 is 2.77 bits per heavy atom. The maximum absolute atomic E-state index is 12.5. The molecule has 0 bridgehead atoms. The minimum absolute atomic E-state index is 0.224. The predicted octanol–water partition coefficient (Wildman–Crippen LogP) is 4.40. The van der Waals surface area contributed by atoms with Gasteiger partial charge in [0.15, 0.2) is 0 Å². The van der Waals surface area contributed by atoms with Crippen LogP contribution in [-0.2, 0) is 4.79 Å². The summed E-state index contributed by atoms with van der Waals surface area (Å²) in [7, 11) is 0. The topological polar surface area (TPSA) is 72.7 Å². The molecular weight excluding hydrogens is 393 g/mol. The maximum atomic E-state index is 12.5. The Kier molecular flexibility index (Phi) is 5.80. The van der Waals surface area contributed by atoms with Gasteiger partial charge in [0.25, 0.3) is 0 Å². The van der Waals surface area contributed by atoms with Crippen molar-refractivity contribution in [2.45, 2.75) is 24.3 Å². The van der Waals surface area contributed by atoms with E-state index >= 15 is 0 Å². The van der Waals surface area contributed by atoms with Crippen LogP contribution in [0.15, 0.2) is 47.6 Å². The molecule has 3 aromatic rings. The van der Waals surface area contributed by atoms with Gasteiger partial charge in [-0.3, -0.25) is 4.79 Å². The zero-order valence-electron chi connectivity index (χ0n) is 14.0. The fourth-order valence-corrected chi connectivity index (χ4v) is 3.38. The molecule has 9 heteroatoms. The van der Waals surface area contributed by atoms with E-state index in [1.165, 1.54) is 11.8 Å². The van der Waals surface area contributed by atoms with Gasteiger partial charge in [-0.15, -0.1) is 5.10 Å². The summed E-state index contributed by atoms with van der Waals surface area (Å²) in [6.45, 7) is 3.75. The van der Waals surface area contributed by atoms with E-state index < -0.39 is 5.25 Å². The van der Waals surface area contributed by atoms with Gasteiger partial charge >= 0.3 is 0 Å². The van der Waals surface area contributed by atoms with Crippen molar-refractivity contribution in [2.24, 2.45) is 0 Å². The lowest BCUT2D eigenvalue weighted by Crippen LogP contribution is -2.23. The van der Waals surface area contributed by atoms with E-state index in [0.717, 1.165) is 11.3 Å². The lowest BCUT2D eigenvalue weighted by molar-refractivity contribution is -0.115. The number of aromatic nitrogens is 4. The second kappa shape index (κ2) is 8.07. The molecule has 0 aliphatic carbocycles. The van der Waals surface area contributed by atoms with Gasteiger partial charge < -0.3 is 5.32 Å². The molecule has 1 heterocycles. The summed E-state index contributed by atoms with van der Waals surface area (Å²) in [4.78, 5) is 12.5. The Hall–Kier alpha value is -2.09. The van der Waals surface area contributed by atoms with Gasteiger partial charge in [-0.05, 0) is 54.1 Å². The largest absolute Gasteiger partial charge is 0.324 e. The number of carbonyl (C=O) groups excluding carboxylic acids is 1. The molecular formula is C17H15Cl2N5OS. The Balaban J connectivity index is 1.76. The zero-order chi connectivity index (χ0) is 18.7. The Morgan fingerprint density at radius 2 is 2.00 bits per heavy atom. The van der Waals surface area contributed by atoms with Crippen LogP contribution in [0, 0.1) is 6.92 Å². The number of nitrogens with zero attached hydrogens (tertiary/aromatic N) is 4. The number of rotatable bonds is 5. The smallest absolute Gasteiger partial charge is 0.237 e. The fraction of sp³-hybridized carbons (Fsp3) is 0.176. The Morgan fingerprint density at radius 1 is 1.23 bits per heavy atom. The van der Waals surface area contributed by atoms with Gasteiger partial charge in [0.1, 0.15) is 0 Å². The molecule has 0 spiro atoms. The molecule has 0 aliphatic heterocycles. The highest BCUT2D eigenvalue weighted by molar-refractivity contribution is 8.00. The van der Waals surface area contributed by atoms with Crippen molar-refractivity contribution in [3.8, 4) is 5.69 Å². The summed E-state index contributed by atoms with van der Waals surface area (Å²) in [5.74, 6) is -0.224. The number of nitrogens with one attached hydrogen (secondary N) is 1. The van der Waals surface area contributed by atoms with E-state index in [0.29, 0.717) is 20.9 Å². The van der Waals surface area contributed by atoms with Crippen LogP contribution < -0.4 is 5.32 Å². The molecule has 0 unspecified atom stereocenters.